The Bertz CT molecular complexity index is 502. The van der Waals surface area contributed by atoms with E-state index in [0.717, 1.165) is 25.0 Å². The summed E-state index contributed by atoms with van der Waals surface area (Å²) in [5.74, 6) is -0.400. The van der Waals surface area contributed by atoms with Crippen LogP contribution in [0.3, 0.4) is 0 Å². The summed E-state index contributed by atoms with van der Waals surface area (Å²) in [7, 11) is 1.56. The summed E-state index contributed by atoms with van der Waals surface area (Å²) in [5, 5.41) is 11.2. The minimum Gasteiger partial charge on any atom is -0.481 e. The molecule has 0 aromatic carbocycles. The smallest absolute Gasteiger partial charge is 0.322 e. The van der Waals surface area contributed by atoms with Crippen LogP contribution in [0.5, 0.6) is 0 Å². The Balaban J connectivity index is 1.93. The van der Waals surface area contributed by atoms with Gasteiger partial charge in [-0.15, -0.1) is 0 Å². The summed E-state index contributed by atoms with van der Waals surface area (Å²) in [6.07, 6.45) is 3.04. The number of carboxylic acid groups (broad SMARTS) is 1. The Kier molecular flexibility index (Phi) is 3.99. The number of hydrogen-bond acceptors (Lipinski definition) is 3. The Morgan fingerprint density at radius 2 is 2.21 bits per heavy atom. The maximum atomic E-state index is 11.8. The van der Waals surface area contributed by atoms with Crippen LogP contribution in [-0.2, 0) is 17.6 Å². The first-order chi connectivity index (χ1) is 9.06. The van der Waals surface area contributed by atoms with E-state index in [1.54, 1.807) is 13.1 Å². The number of fused-ring (bicyclic) bond motifs is 1. The summed E-state index contributed by atoms with van der Waals surface area (Å²) >= 11 is 0. The van der Waals surface area contributed by atoms with Gasteiger partial charge in [0.05, 0.1) is 6.42 Å². The van der Waals surface area contributed by atoms with Crippen molar-refractivity contribution in [2.45, 2.75) is 25.7 Å². The van der Waals surface area contributed by atoms with Crippen molar-refractivity contribution in [2.75, 3.05) is 18.9 Å². The number of carbonyl (C=O) groups is 2. The molecule has 0 fully saturated rings. The largest absolute Gasteiger partial charge is 0.481 e. The number of urea groups is 1. The standard InChI is InChI=1S/C13H17N3O3/c1-16(8-7-12(17)18)13(19)15-11-6-5-9-3-2-4-10(9)14-11/h5-6H,2-4,7-8H2,1H3,(H,17,18)(H,14,15,19). The van der Waals surface area contributed by atoms with Crippen molar-refractivity contribution >= 4 is 17.8 Å². The first-order valence-corrected chi connectivity index (χ1v) is 6.29. The molecule has 1 heterocycles. The molecule has 0 atom stereocenters. The summed E-state index contributed by atoms with van der Waals surface area (Å²) in [4.78, 5) is 28.0. The van der Waals surface area contributed by atoms with E-state index >= 15 is 0 Å². The Hall–Kier alpha value is -2.11. The summed E-state index contributed by atoms with van der Waals surface area (Å²) < 4.78 is 0. The van der Waals surface area contributed by atoms with Gasteiger partial charge in [0.2, 0.25) is 0 Å². The second-order valence-electron chi connectivity index (χ2n) is 4.65. The second kappa shape index (κ2) is 5.69. The predicted octanol–water partition coefficient (Wildman–Crippen LogP) is 1.51. The number of aromatic nitrogens is 1. The van der Waals surface area contributed by atoms with Crippen LogP contribution in [0.2, 0.25) is 0 Å². The number of amides is 2. The highest BCUT2D eigenvalue weighted by Crippen LogP contribution is 2.21. The molecule has 1 aromatic heterocycles. The monoisotopic (exact) mass is 263 g/mol. The van der Waals surface area contributed by atoms with Gasteiger partial charge in [0.1, 0.15) is 5.82 Å². The van der Waals surface area contributed by atoms with Gasteiger partial charge in [0.25, 0.3) is 0 Å². The van der Waals surface area contributed by atoms with Crippen molar-refractivity contribution in [1.29, 1.82) is 0 Å². The molecule has 102 valence electrons. The molecule has 0 radical (unpaired) electrons. The van der Waals surface area contributed by atoms with Crippen molar-refractivity contribution in [3.8, 4) is 0 Å². The molecule has 2 rings (SSSR count). The van der Waals surface area contributed by atoms with Gasteiger partial charge >= 0.3 is 12.0 Å². The van der Waals surface area contributed by atoms with Crippen molar-refractivity contribution in [1.82, 2.24) is 9.88 Å². The van der Waals surface area contributed by atoms with E-state index in [2.05, 4.69) is 10.3 Å². The molecule has 0 aliphatic heterocycles. The van der Waals surface area contributed by atoms with Crippen molar-refractivity contribution < 1.29 is 14.7 Å². The van der Waals surface area contributed by atoms with E-state index in [-0.39, 0.29) is 19.0 Å². The number of rotatable bonds is 4. The number of pyridine rings is 1. The summed E-state index contributed by atoms with van der Waals surface area (Å²) in [6, 6.07) is 3.43. The number of carboxylic acids is 1. The van der Waals surface area contributed by atoms with Crippen LogP contribution in [-0.4, -0.2) is 40.6 Å². The molecule has 0 bridgehead atoms. The molecule has 6 nitrogen and oxygen atoms in total. The van der Waals surface area contributed by atoms with E-state index in [1.807, 2.05) is 6.07 Å². The third-order valence-electron chi connectivity index (χ3n) is 3.17. The normalized spacial score (nSPS) is 12.9. The lowest BCUT2D eigenvalue weighted by Gasteiger charge is -2.16. The van der Waals surface area contributed by atoms with Crippen molar-refractivity contribution in [2.24, 2.45) is 0 Å². The first-order valence-electron chi connectivity index (χ1n) is 6.29. The van der Waals surface area contributed by atoms with Crippen molar-refractivity contribution in [3.05, 3.63) is 23.4 Å². The van der Waals surface area contributed by atoms with Gasteiger partial charge in [-0.1, -0.05) is 6.07 Å². The van der Waals surface area contributed by atoms with Crippen LogP contribution >= 0.6 is 0 Å². The fraction of sp³-hybridized carbons (Fsp3) is 0.462. The number of carbonyl (C=O) groups excluding carboxylic acids is 1. The van der Waals surface area contributed by atoms with Crippen LogP contribution in [0, 0.1) is 0 Å². The van der Waals surface area contributed by atoms with Gasteiger partial charge < -0.3 is 10.0 Å². The van der Waals surface area contributed by atoms with E-state index in [9.17, 15) is 9.59 Å². The number of nitrogens with zero attached hydrogens (tertiary/aromatic N) is 2. The SMILES string of the molecule is CN(CCC(=O)O)C(=O)Nc1ccc2c(n1)CCC2. The molecule has 1 aliphatic rings. The molecule has 0 saturated heterocycles. The van der Waals surface area contributed by atoms with Gasteiger partial charge in [0.15, 0.2) is 0 Å². The molecular formula is C13H17N3O3. The fourth-order valence-corrected chi connectivity index (χ4v) is 2.06. The number of aryl methyl sites for hydroxylation is 2. The predicted molar refractivity (Wildman–Crippen MR) is 70.2 cm³/mol. The van der Waals surface area contributed by atoms with Gasteiger partial charge in [-0.05, 0) is 30.9 Å². The van der Waals surface area contributed by atoms with Crippen LogP contribution in [0.4, 0.5) is 10.6 Å². The molecule has 6 heteroatoms. The van der Waals surface area contributed by atoms with E-state index in [4.69, 9.17) is 5.11 Å². The molecular weight excluding hydrogens is 246 g/mol. The minimum atomic E-state index is -0.921. The highest BCUT2D eigenvalue weighted by atomic mass is 16.4. The maximum absolute atomic E-state index is 11.8. The van der Waals surface area contributed by atoms with Crippen LogP contribution in [0.15, 0.2) is 12.1 Å². The van der Waals surface area contributed by atoms with E-state index in [1.165, 1.54) is 10.5 Å². The molecule has 2 N–H and O–H groups in total. The number of hydrogen-bond donors (Lipinski definition) is 2. The van der Waals surface area contributed by atoms with E-state index < -0.39 is 5.97 Å². The molecule has 1 aromatic rings. The quantitative estimate of drug-likeness (QED) is 0.862. The van der Waals surface area contributed by atoms with Crippen LogP contribution in [0.25, 0.3) is 0 Å². The highest BCUT2D eigenvalue weighted by Gasteiger charge is 2.15. The molecule has 0 spiro atoms. The number of aliphatic carboxylic acids is 1. The fourth-order valence-electron chi connectivity index (χ4n) is 2.06. The molecule has 1 aliphatic carbocycles. The number of nitrogens with one attached hydrogen (secondary N) is 1. The summed E-state index contributed by atoms with van der Waals surface area (Å²) in [5.41, 5.74) is 2.29. The molecule has 2 amide bonds. The molecule has 19 heavy (non-hydrogen) atoms. The lowest BCUT2D eigenvalue weighted by Crippen LogP contribution is -2.33. The average Bonchev–Trinajstić information content (AvgIpc) is 2.83. The van der Waals surface area contributed by atoms with Crippen LogP contribution < -0.4 is 5.32 Å². The zero-order valence-electron chi connectivity index (χ0n) is 10.8. The third kappa shape index (κ3) is 3.43. The lowest BCUT2D eigenvalue weighted by atomic mass is 10.2. The van der Waals surface area contributed by atoms with Crippen LogP contribution in [0.1, 0.15) is 24.1 Å². The Labute approximate surface area is 111 Å². The first kappa shape index (κ1) is 13.3. The zero-order chi connectivity index (χ0) is 13.8. The van der Waals surface area contributed by atoms with Gasteiger partial charge in [-0.3, -0.25) is 10.1 Å². The van der Waals surface area contributed by atoms with Gasteiger partial charge in [-0.2, -0.15) is 0 Å². The molecule has 0 unspecified atom stereocenters. The minimum absolute atomic E-state index is 0.0679. The topological polar surface area (TPSA) is 82.5 Å². The Morgan fingerprint density at radius 3 is 2.95 bits per heavy atom. The third-order valence-corrected chi connectivity index (χ3v) is 3.17. The zero-order valence-corrected chi connectivity index (χ0v) is 10.8. The van der Waals surface area contributed by atoms with Crippen molar-refractivity contribution in [3.63, 3.8) is 0 Å². The Morgan fingerprint density at radius 1 is 1.42 bits per heavy atom. The van der Waals surface area contributed by atoms with Gasteiger partial charge in [-0.25, -0.2) is 9.78 Å². The van der Waals surface area contributed by atoms with Gasteiger partial charge in [0, 0.05) is 19.3 Å². The highest BCUT2D eigenvalue weighted by molar-refractivity contribution is 5.88. The summed E-state index contributed by atoms with van der Waals surface area (Å²) in [6.45, 7) is 0.173. The average molecular weight is 263 g/mol. The second-order valence-corrected chi connectivity index (χ2v) is 4.65. The van der Waals surface area contributed by atoms with E-state index in [0.29, 0.717) is 5.82 Å². The molecule has 0 saturated carbocycles. The lowest BCUT2D eigenvalue weighted by molar-refractivity contribution is -0.137. The number of anilines is 1. The maximum Gasteiger partial charge on any atom is 0.322 e.